The Hall–Kier alpha value is 0.240. The monoisotopic (exact) mass is 390 g/mol. The molecule has 0 heterocycles. The highest BCUT2D eigenvalue weighted by molar-refractivity contribution is 7.97. The van der Waals surface area contributed by atoms with Crippen LogP contribution in [0.4, 0.5) is 0 Å². The van der Waals surface area contributed by atoms with Crippen LogP contribution in [0.5, 0.6) is 0 Å². The second-order valence-corrected chi connectivity index (χ2v) is 13.2. The predicted octanol–water partition coefficient (Wildman–Crippen LogP) is 6.94. The zero-order valence-electron chi connectivity index (χ0n) is 16.1. The van der Waals surface area contributed by atoms with E-state index in [9.17, 15) is 0 Å². The molecular formula is C23H34OS2. The fraction of sp³-hybridized carbons (Fsp3) is 0.957. The van der Waals surface area contributed by atoms with Crippen LogP contribution >= 0.6 is 24.3 Å². The van der Waals surface area contributed by atoms with Crippen molar-refractivity contribution < 1.29 is 4.18 Å². The van der Waals surface area contributed by atoms with E-state index in [-0.39, 0.29) is 0 Å². The van der Waals surface area contributed by atoms with E-state index < -0.39 is 0 Å². The molecule has 3 heteroatoms. The third-order valence-corrected chi connectivity index (χ3v) is 10.8. The second-order valence-electron chi connectivity index (χ2n) is 11.6. The van der Waals surface area contributed by atoms with Crippen LogP contribution in [-0.2, 0) is 4.18 Å². The molecule has 0 N–H and O–H groups in total. The second kappa shape index (κ2) is 6.12. The van der Waals surface area contributed by atoms with Crippen molar-refractivity contribution in [3.8, 4) is 0 Å². The third-order valence-electron chi connectivity index (χ3n) is 9.32. The molecule has 0 aromatic rings. The molecule has 0 saturated heterocycles. The molecule has 8 fully saturated rings. The molecule has 0 aliphatic heterocycles. The third kappa shape index (κ3) is 2.98. The minimum atomic E-state index is 0.430. The Morgan fingerprint density at radius 1 is 0.731 bits per heavy atom. The lowest BCUT2D eigenvalue weighted by Gasteiger charge is -2.57. The molecule has 144 valence electrons. The molecule has 8 saturated carbocycles. The van der Waals surface area contributed by atoms with Crippen molar-refractivity contribution in [2.45, 2.75) is 94.6 Å². The molecule has 1 nitrogen and oxygen atoms in total. The van der Waals surface area contributed by atoms with E-state index in [1.165, 1.54) is 64.2 Å². The van der Waals surface area contributed by atoms with Crippen LogP contribution in [0.2, 0.25) is 0 Å². The number of rotatable bonds is 5. The molecule has 0 radical (unpaired) electrons. The average Bonchev–Trinajstić information content (AvgIpc) is 2.56. The van der Waals surface area contributed by atoms with Gasteiger partial charge in [0.1, 0.15) is 0 Å². The summed E-state index contributed by atoms with van der Waals surface area (Å²) in [6.07, 6.45) is 20.2. The summed E-state index contributed by atoms with van der Waals surface area (Å²) in [5.41, 5.74) is 0.646. The fourth-order valence-corrected chi connectivity index (χ4v) is 10.7. The van der Waals surface area contributed by atoms with E-state index in [4.69, 9.17) is 16.4 Å². The first-order valence-electron chi connectivity index (χ1n) is 11.5. The zero-order chi connectivity index (χ0) is 17.4. The summed E-state index contributed by atoms with van der Waals surface area (Å²) in [5, 5.41) is 0.918. The van der Waals surface area contributed by atoms with Crippen LogP contribution in [-0.4, -0.2) is 9.80 Å². The van der Waals surface area contributed by atoms with Crippen LogP contribution in [0.15, 0.2) is 0 Å². The van der Waals surface area contributed by atoms with E-state index >= 15 is 0 Å². The first kappa shape index (κ1) is 17.1. The number of thiocarbonyl (C=S) groups is 1. The summed E-state index contributed by atoms with van der Waals surface area (Å²) < 4.78 is 6.67. The fourth-order valence-electron chi connectivity index (χ4n) is 9.27. The van der Waals surface area contributed by atoms with Gasteiger partial charge in [-0.05, 0) is 137 Å². The van der Waals surface area contributed by atoms with Crippen molar-refractivity contribution in [1.82, 2.24) is 0 Å². The van der Waals surface area contributed by atoms with E-state index in [1.807, 2.05) is 12.0 Å². The van der Waals surface area contributed by atoms with Crippen molar-refractivity contribution >= 4 is 29.3 Å². The Kier molecular flexibility index (Phi) is 4.03. The molecule has 0 aromatic heterocycles. The van der Waals surface area contributed by atoms with Crippen LogP contribution in [0, 0.1) is 40.9 Å². The van der Waals surface area contributed by atoms with Gasteiger partial charge in [-0.3, -0.25) is 0 Å². The first-order valence-corrected chi connectivity index (χ1v) is 12.6. The van der Waals surface area contributed by atoms with Gasteiger partial charge in [0.25, 0.3) is 0 Å². The maximum Gasteiger partial charge on any atom is 0.177 e. The molecule has 0 aromatic carbocycles. The van der Waals surface area contributed by atoms with Gasteiger partial charge in [-0.1, -0.05) is 0 Å². The van der Waals surface area contributed by atoms with Gasteiger partial charge in [0.05, 0.1) is 16.8 Å². The van der Waals surface area contributed by atoms with Gasteiger partial charge in [0.15, 0.2) is 5.05 Å². The van der Waals surface area contributed by atoms with Crippen molar-refractivity contribution in [3.05, 3.63) is 0 Å². The molecule has 0 amide bonds. The van der Waals surface area contributed by atoms with Gasteiger partial charge in [0.2, 0.25) is 0 Å². The highest BCUT2D eigenvalue weighted by atomic mass is 32.2. The highest BCUT2D eigenvalue weighted by Gasteiger charge is 2.53. The van der Waals surface area contributed by atoms with Crippen molar-refractivity contribution in [1.29, 1.82) is 0 Å². The Labute approximate surface area is 169 Å². The van der Waals surface area contributed by atoms with Crippen molar-refractivity contribution in [2.24, 2.45) is 40.9 Å². The Balaban J connectivity index is 1.04. The summed E-state index contributed by atoms with van der Waals surface area (Å²) in [5.74, 6) is 6.15. The molecule has 8 bridgehead atoms. The smallest absolute Gasteiger partial charge is 0.177 e. The number of hydrogen-bond donors (Lipinski definition) is 0. The largest absolute Gasteiger partial charge is 0.418 e. The van der Waals surface area contributed by atoms with Gasteiger partial charge in [-0.2, -0.15) is 0 Å². The first-order chi connectivity index (χ1) is 12.6. The van der Waals surface area contributed by atoms with E-state index in [2.05, 4.69) is 0 Å². The molecule has 8 aliphatic carbocycles. The quantitative estimate of drug-likeness (QED) is 0.371. The van der Waals surface area contributed by atoms with Crippen molar-refractivity contribution in [2.75, 3.05) is 0 Å². The normalized spacial score (nSPS) is 53.2. The SMILES string of the molecule is S=C(CCC12CC3CC(CC(C3)C1)C2)OSC12CC3CC(CC(C3)C1)C2. The van der Waals surface area contributed by atoms with Crippen LogP contribution < -0.4 is 0 Å². The minimum Gasteiger partial charge on any atom is -0.418 e. The zero-order valence-corrected chi connectivity index (χ0v) is 17.7. The Morgan fingerprint density at radius 3 is 1.62 bits per heavy atom. The highest BCUT2D eigenvalue weighted by Crippen LogP contribution is 2.62. The molecule has 26 heavy (non-hydrogen) atoms. The summed E-state index contributed by atoms with van der Waals surface area (Å²) in [4.78, 5) is 0. The summed E-state index contributed by atoms with van der Waals surface area (Å²) in [6.45, 7) is 0. The van der Waals surface area contributed by atoms with Crippen LogP contribution in [0.25, 0.3) is 0 Å². The topological polar surface area (TPSA) is 9.23 Å². The van der Waals surface area contributed by atoms with Gasteiger partial charge in [-0.25, -0.2) is 0 Å². The lowest BCUT2D eigenvalue weighted by molar-refractivity contribution is -0.0562. The van der Waals surface area contributed by atoms with Gasteiger partial charge < -0.3 is 4.18 Å². The average molecular weight is 391 g/mol. The molecule has 0 spiro atoms. The molecular weight excluding hydrogens is 356 g/mol. The molecule has 8 rings (SSSR count). The van der Waals surface area contributed by atoms with E-state index in [1.54, 1.807) is 19.3 Å². The van der Waals surface area contributed by atoms with Gasteiger partial charge in [-0.15, -0.1) is 0 Å². The minimum absolute atomic E-state index is 0.430. The Morgan fingerprint density at radius 2 is 1.15 bits per heavy atom. The molecule has 0 unspecified atom stereocenters. The maximum atomic E-state index is 6.24. The lowest BCUT2D eigenvalue weighted by atomic mass is 9.48. The van der Waals surface area contributed by atoms with Gasteiger partial charge >= 0.3 is 0 Å². The molecule has 8 aliphatic rings. The van der Waals surface area contributed by atoms with Crippen LogP contribution in [0.3, 0.4) is 0 Å². The summed E-state index contributed by atoms with van der Waals surface area (Å²) in [6, 6.07) is 0. The molecule has 0 atom stereocenters. The Bertz CT molecular complexity index is 476. The van der Waals surface area contributed by atoms with E-state index in [0.717, 1.165) is 47.0 Å². The predicted molar refractivity (Wildman–Crippen MR) is 112 cm³/mol. The lowest BCUT2D eigenvalue weighted by Crippen LogP contribution is -2.48. The van der Waals surface area contributed by atoms with Crippen molar-refractivity contribution in [3.63, 3.8) is 0 Å². The number of hydrogen-bond acceptors (Lipinski definition) is 3. The summed E-state index contributed by atoms with van der Waals surface area (Å²) in [7, 11) is 0. The van der Waals surface area contributed by atoms with Crippen LogP contribution in [0.1, 0.15) is 89.9 Å². The summed E-state index contributed by atoms with van der Waals surface area (Å²) >= 11 is 7.54. The van der Waals surface area contributed by atoms with E-state index in [0.29, 0.717) is 10.2 Å². The van der Waals surface area contributed by atoms with Gasteiger partial charge in [0, 0.05) is 6.42 Å². The maximum absolute atomic E-state index is 6.24. The standard InChI is InChI=1S/C23H34OS2/c25-21(1-2-22-9-15-3-16(10-22)5-17(4-15)11-22)24-26-23-12-18-6-19(13-23)8-20(7-18)14-23/h15-20H,1-14H2.